The van der Waals surface area contributed by atoms with Crippen molar-refractivity contribution in [3.8, 4) is 0 Å². The summed E-state index contributed by atoms with van der Waals surface area (Å²) in [6, 6.07) is 7.43. The van der Waals surface area contributed by atoms with Crippen LogP contribution in [0.1, 0.15) is 6.92 Å². The SMILES string of the molecule is CC(Cn1cc(Br)cn1)C(=O)Nc1ccc(S(=O)(=O)Nc2ncccn2)cc1. The van der Waals surface area contributed by atoms with Crippen LogP contribution in [0.5, 0.6) is 0 Å². The molecule has 2 aromatic heterocycles. The Balaban J connectivity index is 1.62. The zero-order valence-corrected chi connectivity index (χ0v) is 17.2. The summed E-state index contributed by atoms with van der Waals surface area (Å²) in [5.74, 6) is -0.538. The first kappa shape index (κ1) is 20.0. The van der Waals surface area contributed by atoms with E-state index >= 15 is 0 Å². The van der Waals surface area contributed by atoms with Crippen molar-refractivity contribution in [2.24, 2.45) is 5.92 Å². The third-order valence-corrected chi connectivity index (χ3v) is 5.49. The highest BCUT2D eigenvalue weighted by atomic mass is 79.9. The predicted octanol–water partition coefficient (Wildman–Crippen LogP) is 2.51. The van der Waals surface area contributed by atoms with Gasteiger partial charge in [-0.15, -0.1) is 0 Å². The minimum atomic E-state index is -3.82. The summed E-state index contributed by atoms with van der Waals surface area (Å²) in [5.41, 5.74) is 0.494. The number of benzene rings is 1. The molecule has 0 radical (unpaired) electrons. The quantitative estimate of drug-likeness (QED) is 0.554. The molecule has 0 saturated carbocycles. The molecule has 0 aliphatic carbocycles. The predicted molar refractivity (Wildman–Crippen MR) is 107 cm³/mol. The highest BCUT2D eigenvalue weighted by Crippen LogP contribution is 2.17. The van der Waals surface area contributed by atoms with Crippen molar-refractivity contribution in [3.05, 3.63) is 59.6 Å². The lowest BCUT2D eigenvalue weighted by molar-refractivity contribution is -0.119. The minimum Gasteiger partial charge on any atom is -0.326 e. The Hall–Kier alpha value is -2.79. The van der Waals surface area contributed by atoms with E-state index in [0.29, 0.717) is 12.2 Å². The largest absolute Gasteiger partial charge is 0.326 e. The number of hydrogen-bond acceptors (Lipinski definition) is 6. The van der Waals surface area contributed by atoms with Crippen molar-refractivity contribution < 1.29 is 13.2 Å². The number of hydrogen-bond donors (Lipinski definition) is 2. The van der Waals surface area contributed by atoms with Gasteiger partial charge in [0.15, 0.2) is 0 Å². The molecule has 2 N–H and O–H groups in total. The summed E-state index contributed by atoms with van der Waals surface area (Å²) in [4.78, 5) is 20.0. The van der Waals surface area contributed by atoms with Gasteiger partial charge in [0.1, 0.15) is 0 Å². The van der Waals surface area contributed by atoms with E-state index in [9.17, 15) is 13.2 Å². The van der Waals surface area contributed by atoms with Crippen LogP contribution in [0.25, 0.3) is 0 Å². The fourth-order valence-electron chi connectivity index (χ4n) is 2.32. The van der Waals surface area contributed by atoms with Crippen LogP contribution < -0.4 is 10.0 Å². The Morgan fingerprint density at radius 2 is 1.89 bits per heavy atom. The van der Waals surface area contributed by atoms with Gasteiger partial charge >= 0.3 is 0 Å². The molecule has 0 saturated heterocycles. The first-order valence-electron chi connectivity index (χ1n) is 8.22. The molecule has 0 bridgehead atoms. The first-order chi connectivity index (χ1) is 13.3. The topological polar surface area (TPSA) is 119 Å². The van der Waals surface area contributed by atoms with E-state index in [4.69, 9.17) is 0 Å². The number of sulfonamides is 1. The molecule has 28 heavy (non-hydrogen) atoms. The van der Waals surface area contributed by atoms with E-state index < -0.39 is 10.0 Å². The third-order valence-electron chi connectivity index (χ3n) is 3.73. The zero-order chi connectivity index (χ0) is 20.1. The number of halogens is 1. The number of amides is 1. The van der Waals surface area contributed by atoms with E-state index in [1.54, 1.807) is 30.1 Å². The number of rotatable bonds is 7. The van der Waals surface area contributed by atoms with Crippen LogP contribution in [-0.2, 0) is 21.4 Å². The summed E-state index contributed by atoms with van der Waals surface area (Å²) < 4.78 is 29.5. The molecule has 1 aromatic carbocycles. The summed E-state index contributed by atoms with van der Waals surface area (Å²) in [6.07, 6.45) is 6.31. The van der Waals surface area contributed by atoms with Crippen LogP contribution in [0.15, 0.2) is 64.5 Å². The molecule has 0 fully saturated rings. The maximum Gasteiger partial charge on any atom is 0.264 e. The lowest BCUT2D eigenvalue weighted by Gasteiger charge is -2.13. The molecule has 1 amide bonds. The monoisotopic (exact) mass is 464 g/mol. The van der Waals surface area contributed by atoms with Crippen LogP contribution in [0, 0.1) is 5.92 Å². The Kier molecular flexibility index (Phi) is 6.05. The van der Waals surface area contributed by atoms with Gasteiger partial charge in [-0.3, -0.25) is 9.48 Å². The zero-order valence-electron chi connectivity index (χ0n) is 14.8. The Morgan fingerprint density at radius 3 is 2.50 bits per heavy atom. The molecule has 0 spiro atoms. The highest BCUT2D eigenvalue weighted by molar-refractivity contribution is 9.10. The number of nitrogens with zero attached hydrogens (tertiary/aromatic N) is 4. The van der Waals surface area contributed by atoms with Gasteiger partial charge in [-0.25, -0.2) is 23.1 Å². The van der Waals surface area contributed by atoms with Crippen LogP contribution in [-0.4, -0.2) is 34.1 Å². The molecule has 1 atom stereocenters. The van der Waals surface area contributed by atoms with Gasteiger partial charge in [-0.05, 0) is 46.3 Å². The Labute approximate surface area is 170 Å². The number of aromatic nitrogens is 4. The summed E-state index contributed by atoms with van der Waals surface area (Å²) in [5, 5.41) is 6.89. The fraction of sp³-hybridized carbons (Fsp3) is 0.176. The molecule has 3 rings (SSSR count). The average molecular weight is 465 g/mol. The van der Waals surface area contributed by atoms with E-state index in [-0.39, 0.29) is 22.7 Å². The van der Waals surface area contributed by atoms with E-state index in [0.717, 1.165) is 4.47 Å². The fourth-order valence-corrected chi connectivity index (χ4v) is 3.60. The van der Waals surface area contributed by atoms with Crippen LogP contribution >= 0.6 is 15.9 Å². The van der Waals surface area contributed by atoms with Gasteiger partial charge in [-0.1, -0.05) is 6.92 Å². The Morgan fingerprint density at radius 1 is 1.21 bits per heavy atom. The molecule has 146 valence electrons. The molecule has 0 aliphatic rings. The normalized spacial score (nSPS) is 12.4. The standard InChI is InChI=1S/C17H17BrN6O3S/c1-12(10-24-11-13(18)9-21-24)16(25)22-14-3-5-15(6-4-14)28(26,27)23-17-19-7-2-8-20-17/h2-9,11-12H,10H2,1H3,(H,22,25)(H,19,20,23). The van der Waals surface area contributed by atoms with Gasteiger partial charge in [0.05, 0.1) is 28.0 Å². The molecule has 11 heteroatoms. The van der Waals surface area contributed by atoms with Gasteiger partial charge in [-0.2, -0.15) is 5.10 Å². The molecule has 2 heterocycles. The maximum atomic E-state index is 12.4. The summed E-state index contributed by atoms with van der Waals surface area (Å²) in [7, 11) is -3.82. The number of carbonyl (C=O) groups excluding carboxylic acids is 1. The van der Waals surface area contributed by atoms with Crippen molar-refractivity contribution >= 4 is 43.5 Å². The van der Waals surface area contributed by atoms with Gasteiger partial charge in [0.25, 0.3) is 10.0 Å². The smallest absolute Gasteiger partial charge is 0.264 e. The van der Waals surface area contributed by atoms with Gasteiger partial charge in [0.2, 0.25) is 11.9 Å². The number of nitrogens with one attached hydrogen (secondary N) is 2. The van der Waals surface area contributed by atoms with Crippen LogP contribution in [0.3, 0.4) is 0 Å². The lowest BCUT2D eigenvalue weighted by atomic mass is 10.1. The van der Waals surface area contributed by atoms with Gasteiger partial charge in [0, 0.05) is 24.3 Å². The second-order valence-electron chi connectivity index (χ2n) is 5.97. The second kappa shape index (κ2) is 8.48. The summed E-state index contributed by atoms with van der Waals surface area (Å²) in [6.45, 7) is 2.21. The maximum absolute atomic E-state index is 12.4. The van der Waals surface area contributed by atoms with Crippen molar-refractivity contribution in [2.75, 3.05) is 10.0 Å². The third kappa shape index (κ3) is 5.14. The number of carbonyl (C=O) groups is 1. The molecule has 0 aliphatic heterocycles. The number of anilines is 2. The van der Waals surface area contributed by atoms with Crippen LogP contribution in [0.2, 0.25) is 0 Å². The van der Waals surface area contributed by atoms with Crippen molar-refractivity contribution in [1.29, 1.82) is 0 Å². The summed E-state index contributed by atoms with van der Waals surface area (Å²) >= 11 is 3.31. The second-order valence-corrected chi connectivity index (χ2v) is 8.57. The van der Waals surface area contributed by atoms with E-state index in [2.05, 4.69) is 41.0 Å². The molecular weight excluding hydrogens is 448 g/mol. The van der Waals surface area contributed by atoms with E-state index in [1.807, 2.05) is 0 Å². The highest BCUT2D eigenvalue weighted by Gasteiger charge is 2.17. The lowest BCUT2D eigenvalue weighted by Crippen LogP contribution is -2.24. The molecular formula is C17H17BrN6O3S. The van der Waals surface area contributed by atoms with Crippen molar-refractivity contribution in [3.63, 3.8) is 0 Å². The minimum absolute atomic E-state index is 0.0148. The first-order valence-corrected chi connectivity index (χ1v) is 10.5. The van der Waals surface area contributed by atoms with Gasteiger partial charge < -0.3 is 5.32 Å². The Bertz CT molecular complexity index is 1050. The van der Waals surface area contributed by atoms with Crippen molar-refractivity contribution in [1.82, 2.24) is 19.7 Å². The van der Waals surface area contributed by atoms with E-state index in [1.165, 1.54) is 36.7 Å². The molecule has 9 nitrogen and oxygen atoms in total. The van der Waals surface area contributed by atoms with Crippen LogP contribution in [0.4, 0.5) is 11.6 Å². The molecule has 3 aromatic rings. The molecule has 1 unspecified atom stereocenters. The average Bonchev–Trinajstić information content (AvgIpc) is 3.07. The van der Waals surface area contributed by atoms with Crippen molar-refractivity contribution in [2.45, 2.75) is 18.4 Å².